The Morgan fingerprint density at radius 1 is 1.38 bits per heavy atom. The Morgan fingerprint density at radius 2 is 2.12 bits per heavy atom. The molecular weight excluding hydrogens is 307 g/mol. The monoisotopic (exact) mass is 330 g/mol. The molecule has 0 spiro atoms. The van der Waals surface area contributed by atoms with Crippen molar-refractivity contribution in [2.45, 2.75) is 39.2 Å². The molecule has 1 saturated heterocycles. The summed E-state index contributed by atoms with van der Waals surface area (Å²) in [5.41, 5.74) is 3.46. The molecule has 1 amide bonds. The topological polar surface area (TPSA) is 59.0 Å². The minimum Gasteiger partial charge on any atom is -0.352 e. The SMILES string of the molecule is Cc1nn(-c2ccc(F)cc2)c(C)c1CC(=O)NC1CCCNC1. The van der Waals surface area contributed by atoms with Gasteiger partial charge in [0, 0.05) is 23.8 Å². The van der Waals surface area contributed by atoms with Crippen molar-refractivity contribution in [2.24, 2.45) is 0 Å². The standard InChI is InChI=1S/C18H23FN4O/c1-12-17(10-18(24)21-15-4-3-9-20-11-15)13(2)23(22-12)16-7-5-14(19)6-8-16/h5-8,15,20H,3-4,9-11H2,1-2H3,(H,21,24). The Balaban J connectivity index is 1.74. The molecule has 0 bridgehead atoms. The maximum absolute atomic E-state index is 13.1. The molecule has 1 aliphatic rings. The van der Waals surface area contributed by atoms with E-state index in [1.54, 1.807) is 16.8 Å². The Labute approximate surface area is 141 Å². The van der Waals surface area contributed by atoms with Crippen LogP contribution in [0.25, 0.3) is 5.69 Å². The second kappa shape index (κ2) is 7.13. The molecule has 5 nitrogen and oxygen atoms in total. The average molecular weight is 330 g/mol. The molecule has 1 atom stereocenters. The first kappa shape index (κ1) is 16.6. The van der Waals surface area contributed by atoms with Crippen LogP contribution in [0.4, 0.5) is 4.39 Å². The number of benzene rings is 1. The van der Waals surface area contributed by atoms with E-state index in [1.807, 2.05) is 13.8 Å². The Morgan fingerprint density at radius 3 is 2.79 bits per heavy atom. The van der Waals surface area contributed by atoms with Crippen LogP contribution in [-0.2, 0) is 11.2 Å². The molecular formula is C18H23FN4O. The van der Waals surface area contributed by atoms with Crippen LogP contribution in [0.3, 0.4) is 0 Å². The van der Waals surface area contributed by atoms with Crippen molar-refractivity contribution < 1.29 is 9.18 Å². The number of hydrogen-bond acceptors (Lipinski definition) is 3. The lowest BCUT2D eigenvalue weighted by Gasteiger charge is -2.23. The molecule has 1 aromatic carbocycles. The maximum atomic E-state index is 13.1. The van der Waals surface area contributed by atoms with Crippen LogP contribution in [0.2, 0.25) is 0 Å². The van der Waals surface area contributed by atoms with E-state index < -0.39 is 0 Å². The second-order valence-corrected chi connectivity index (χ2v) is 6.33. The van der Waals surface area contributed by atoms with Crippen LogP contribution in [0.15, 0.2) is 24.3 Å². The number of nitrogens with zero attached hydrogens (tertiary/aromatic N) is 2. The van der Waals surface area contributed by atoms with Crippen molar-refractivity contribution in [3.05, 3.63) is 47.0 Å². The number of aromatic nitrogens is 2. The molecule has 128 valence electrons. The van der Waals surface area contributed by atoms with Gasteiger partial charge < -0.3 is 10.6 Å². The van der Waals surface area contributed by atoms with Crippen molar-refractivity contribution in [2.75, 3.05) is 13.1 Å². The van der Waals surface area contributed by atoms with Crippen molar-refractivity contribution in [3.63, 3.8) is 0 Å². The molecule has 1 fully saturated rings. The number of rotatable bonds is 4. The lowest BCUT2D eigenvalue weighted by Crippen LogP contribution is -2.46. The fourth-order valence-corrected chi connectivity index (χ4v) is 3.18. The van der Waals surface area contributed by atoms with E-state index in [4.69, 9.17) is 0 Å². The van der Waals surface area contributed by atoms with Crippen LogP contribution in [0, 0.1) is 19.7 Å². The van der Waals surface area contributed by atoms with Crippen LogP contribution in [0.1, 0.15) is 29.8 Å². The van der Waals surface area contributed by atoms with Gasteiger partial charge in [-0.15, -0.1) is 0 Å². The Kier molecular flexibility index (Phi) is 4.94. The van der Waals surface area contributed by atoms with E-state index in [0.717, 1.165) is 48.6 Å². The van der Waals surface area contributed by atoms with Gasteiger partial charge in [-0.05, 0) is 57.5 Å². The summed E-state index contributed by atoms with van der Waals surface area (Å²) >= 11 is 0. The number of carbonyl (C=O) groups excluding carboxylic acids is 1. The molecule has 3 rings (SSSR count). The third kappa shape index (κ3) is 3.64. The van der Waals surface area contributed by atoms with Gasteiger partial charge in [0.15, 0.2) is 0 Å². The van der Waals surface area contributed by atoms with Gasteiger partial charge in [-0.2, -0.15) is 5.10 Å². The number of halogens is 1. The lowest BCUT2D eigenvalue weighted by molar-refractivity contribution is -0.121. The van der Waals surface area contributed by atoms with Crippen molar-refractivity contribution in [1.29, 1.82) is 0 Å². The summed E-state index contributed by atoms with van der Waals surface area (Å²) in [6.07, 6.45) is 2.42. The predicted octanol–water partition coefficient (Wildman–Crippen LogP) is 2.04. The molecule has 6 heteroatoms. The van der Waals surface area contributed by atoms with Crippen molar-refractivity contribution in [3.8, 4) is 5.69 Å². The number of nitrogens with one attached hydrogen (secondary N) is 2. The van der Waals surface area contributed by atoms with Gasteiger partial charge in [-0.1, -0.05) is 0 Å². The van der Waals surface area contributed by atoms with E-state index in [1.165, 1.54) is 12.1 Å². The summed E-state index contributed by atoms with van der Waals surface area (Å²) in [5, 5.41) is 10.9. The zero-order valence-corrected chi connectivity index (χ0v) is 14.1. The summed E-state index contributed by atoms with van der Waals surface area (Å²) < 4.78 is 14.9. The summed E-state index contributed by atoms with van der Waals surface area (Å²) in [6, 6.07) is 6.40. The Bertz CT molecular complexity index is 717. The number of hydrogen-bond donors (Lipinski definition) is 2. The smallest absolute Gasteiger partial charge is 0.224 e. The maximum Gasteiger partial charge on any atom is 0.224 e. The molecule has 2 heterocycles. The second-order valence-electron chi connectivity index (χ2n) is 6.33. The van der Waals surface area contributed by atoms with E-state index in [9.17, 15) is 9.18 Å². The van der Waals surface area contributed by atoms with Gasteiger partial charge in [-0.25, -0.2) is 9.07 Å². The highest BCUT2D eigenvalue weighted by molar-refractivity contribution is 5.79. The van der Waals surface area contributed by atoms with Gasteiger partial charge in [-0.3, -0.25) is 4.79 Å². The molecule has 0 radical (unpaired) electrons. The van der Waals surface area contributed by atoms with Crippen LogP contribution >= 0.6 is 0 Å². The molecule has 2 aromatic rings. The number of aryl methyl sites for hydroxylation is 1. The van der Waals surface area contributed by atoms with Crippen molar-refractivity contribution in [1.82, 2.24) is 20.4 Å². The minimum absolute atomic E-state index is 0.0218. The number of piperidine rings is 1. The third-order valence-corrected chi connectivity index (χ3v) is 4.51. The molecule has 0 saturated carbocycles. The summed E-state index contributed by atoms with van der Waals surface area (Å²) in [6.45, 7) is 5.69. The molecule has 0 aliphatic carbocycles. The summed E-state index contributed by atoms with van der Waals surface area (Å²) in [4.78, 5) is 12.4. The molecule has 1 aromatic heterocycles. The van der Waals surface area contributed by atoms with Crippen LogP contribution < -0.4 is 10.6 Å². The normalized spacial score (nSPS) is 17.7. The van der Waals surface area contributed by atoms with Gasteiger partial charge in [0.2, 0.25) is 5.91 Å². The average Bonchev–Trinajstić information content (AvgIpc) is 2.85. The first-order valence-corrected chi connectivity index (χ1v) is 8.35. The highest BCUT2D eigenvalue weighted by Gasteiger charge is 2.19. The highest BCUT2D eigenvalue weighted by Crippen LogP contribution is 2.19. The predicted molar refractivity (Wildman–Crippen MR) is 90.7 cm³/mol. The van der Waals surface area contributed by atoms with E-state index in [-0.39, 0.29) is 17.8 Å². The molecule has 1 aliphatic heterocycles. The summed E-state index contributed by atoms with van der Waals surface area (Å²) in [7, 11) is 0. The van der Waals surface area contributed by atoms with Crippen LogP contribution in [-0.4, -0.2) is 34.8 Å². The van der Waals surface area contributed by atoms with Gasteiger partial charge >= 0.3 is 0 Å². The van der Waals surface area contributed by atoms with E-state index in [2.05, 4.69) is 15.7 Å². The third-order valence-electron chi connectivity index (χ3n) is 4.51. The minimum atomic E-state index is -0.277. The molecule has 1 unspecified atom stereocenters. The quantitative estimate of drug-likeness (QED) is 0.902. The van der Waals surface area contributed by atoms with Gasteiger partial charge in [0.05, 0.1) is 17.8 Å². The van der Waals surface area contributed by atoms with Gasteiger partial charge in [0.25, 0.3) is 0 Å². The van der Waals surface area contributed by atoms with Gasteiger partial charge in [0.1, 0.15) is 5.82 Å². The highest BCUT2D eigenvalue weighted by atomic mass is 19.1. The molecule has 24 heavy (non-hydrogen) atoms. The zero-order valence-electron chi connectivity index (χ0n) is 14.1. The first-order chi connectivity index (χ1) is 11.5. The van der Waals surface area contributed by atoms with E-state index in [0.29, 0.717) is 6.42 Å². The zero-order chi connectivity index (χ0) is 17.1. The fraction of sp³-hybridized carbons (Fsp3) is 0.444. The van der Waals surface area contributed by atoms with E-state index >= 15 is 0 Å². The number of carbonyl (C=O) groups is 1. The lowest BCUT2D eigenvalue weighted by atomic mass is 10.1. The fourth-order valence-electron chi connectivity index (χ4n) is 3.18. The first-order valence-electron chi connectivity index (χ1n) is 8.35. The summed E-state index contributed by atoms with van der Waals surface area (Å²) in [5.74, 6) is -0.255. The van der Waals surface area contributed by atoms with Crippen molar-refractivity contribution >= 4 is 5.91 Å². The number of amides is 1. The Hall–Kier alpha value is -2.21. The molecule has 2 N–H and O–H groups in total. The largest absolute Gasteiger partial charge is 0.352 e. The van der Waals surface area contributed by atoms with Crippen LogP contribution in [0.5, 0.6) is 0 Å².